The van der Waals surface area contributed by atoms with Crippen molar-refractivity contribution >= 4 is 11.9 Å². The predicted octanol–water partition coefficient (Wildman–Crippen LogP) is 1.06. The Morgan fingerprint density at radius 2 is 1.90 bits per heavy atom. The summed E-state index contributed by atoms with van der Waals surface area (Å²) in [6.45, 7) is 0.876. The summed E-state index contributed by atoms with van der Waals surface area (Å²) in [6.07, 6.45) is 2.47. The minimum Gasteiger partial charge on any atom is -0.479 e. The highest BCUT2D eigenvalue weighted by Crippen LogP contribution is 2.43. The van der Waals surface area contributed by atoms with Crippen LogP contribution in [0.5, 0.6) is 0 Å². The second-order valence-electron chi connectivity index (χ2n) is 5.56. The molecule has 1 fully saturated rings. The lowest BCUT2D eigenvalue weighted by molar-refractivity contribution is -0.156. The third-order valence-electron chi connectivity index (χ3n) is 4.02. The number of carboxylic acids is 1. The molecule has 0 aliphatic heterocycles. The third-order valence-corrected chi connectivity index (χ3v) is 4.02. The number of hydrogen-bond acceptors (Lipinski definition) is 3. The number of amides is 1. The Labute approximate surface area is 117 Å². The van der Waals surface area contributed by atoms with Crippen molar-refractivity contribution in [2.45, 2.75) is 37.2 Å². The number of carbonyl (C=O) groups excluding carboxylic acids is 1. The molecule has 1 aliphatic rings. The summed E-state index contributed by atoms with van der Waals surface area (Å²) in [6, 6.07) is 9.48. The van der Waals surface area contributed by atoms with Gasteiger partial charge in [-0.2, -0.15) is 0 Å². The summed E-state index contributed by atoms with van der Waals surface area (Å²) in [7, 11) is 0. The van der Waals surface area contributed by atoms with E-state index in [9.17, 15) is 14.7 Å². The SMILES string of the molecule is CC(O)(CNC(=O)C1(c2ccccc2)CCC1)C(=O)O. The average molecular weight is 277 g/mol. The second kappa shape index (κ2) is 5.25. The molecule has 0 bridgehead atoms. The van der Waals surface area contributed by atoms with Crippen LogP contribution in [0.4, 0.5) is 0 Å². The van der Waals surface area contributed by atoms with E-state index in [-0.39, 0.29) is 12.5 Å². The number of aliphatic carboxylic acids is 1. The molecule has 0 spiro atoms. The van der Waals surface area contributed by atoms with Crippen LogP contribution in [0.25, 0.3) is 0 Å². The molecule has 3 N–H and O–H groups in total. The Balaban J connectivity index is 2.10. The van der Waals surface area contributed by atoms with Gasteiger partial charge in [0.2, 0.25) is 5.91 Å². The molecule has 1 amide bonds. The molecule has 5 heteroatoms. The zero-order chi connectivity index (χ0) is 14.8. The third kappa shape index (κ3) is 2.54. The summed E-state index contributed by atoms with van der Waals surface area (Å²) >= 11 is 0. The Hall–Kier alpha value is -1.88. The lowest BCUT2D eigenvalue weighted by atomic mass is 9.64. The number of benzene rings is 1. The van der Waals surface area contributed by atoms with E-state index in [4.69, 9.17) is 5.11 Å². The first-order valence-corrected chi connectivity index (χ1v) is 6.68. The van der Waals surface area contributed by atoms with Gasteiger partial charge in [0.05, 0.1) is 12.0 Å². The summed E-state index contributed by atoms with van der Waals surface area (Å²) in [5, 5.41) is 21.1. The van der Waals surface area contributed by atoms with Crippen molar-refractivity contribution in [2.24, 2.45) is 0 Å². The average Bonchev–Trinajstić information content (AvgIpc) is 2.36. The fraction of sp³-hybridized carbons (Fsp3) is 0.467. The largest absolute Gasteiger partial charge is 0.479 e. The first-order chi connectivity index (χ1) is 9.38. The number of nitrogens with one attached hydrogen (secondary N) is 1. The Kier molecular flexibility index (Phi) is 3.81. The van der Waals surface area contributed by atoms with E-state index in [0.29, 0.717) is 0 Å². The van der Waals surface area contributed by atoms with Crippen molar-refractivity contribution < 1.29 is 19.8 Å². The van der Waals surface area contributed by atoms with Crippen LogP contribution < -0.4 is 5.32 Å². The smallest absolute Gasteiger partial charge is 0.337 e. The minimum absolute atomic E-state index is 0.212. The predicted molar refractivity (Wildman–Crippen MR) is 73.2 cm³/mol. The molecule has 108 valence electrons. The van der Waals surface area contributed by atoms with Crippen LogP contribution in [-0.2, 0) is 15.0 Å². The van der Waals surface area contributed by atoms with Crippen LogP contribution in [0.1, 0.15) is 31.7 Å². The number of carbonyl (C=O) groups is 2. The highest BCUT2D eigenvalue weighted by Gasteiger charge is 2.46. The summed E-state index contributed by atoms with van der Waals surface area (Å²) in [4.78, 5) is 23.2. The van der Waals surface area contributed by atoms with Crippen molar-refractivity contribution in [1.29, 1.82) is 0 Å². The molecular weight excluding hydrogens is 258 g/mol. The van der Waals surface area contributed by atoms with Crippen LogP contribution in [-0.4, -0.2) is 34.2 Å². The fourth-order valence-corrected chi connectivity index (χ4v) is 2.43. The molecule has 0 saturated heterocycles. The zero-order valence-electron chi connectivity index (χ0n) is 11.4. The number of aliphatic hydroxyl groups is 1. The molecule has 2 rings (SSSR count). The van der Waals surface area contributed by atoms with E-state index >= 15 is 0 Å². The molecule has 1 unspecified atom stereocenters. The van der Waals surface area contributed by atoms with E-state index < -0.39 is 17.0 Å². The molecule has 1 saturated carbocycles. The Morgan fingerprint density at radius 3 is 2.35 bits per heavy atom. The molecule has 0 radical (unpaired) electrons. The zero-order valence-corrected chi connectivity index (χ0v) is 11.4. The van der Waals surface area contributed by atoms with Crippen LogP contribution >= 0.6 is 0 Å². The molecule has 5 nitrogen and oxygen atoms in total. The Bertz CT molecular complexity index is 506. The molecule has 0 heterocycles. The van der Waals surface area contributed by atoms with Gasteiger partial charge in [0.15, 0.2) is 5.60 Å². The minimum atomic E-state index is -1.95. The van der Waals surface area contributed by atoms with Gasteiger partial charge < -0.3 is 15.5 Å². The standard InChI is InChI=1S/C15H19NO4/c1-14(20,13(18)19)10-16-12(17)15(8-5-9-15)11-6-3-2-4-7-11/h2-4,6-7,20H,5,8-10H2,1H3,(H,16,17)(H,18,19). The quantitative estimate of drug-likeness (QED) is 0.751. The van der Waals surface area contributed by atoms with E-state index in [1.165, 1.54) is 6.92 Å². The van der Waals surface area contributed by atoms with Crippen molar-refractivity contribution in [3.63, 3.8) is 0 Å². The second-order valence-corrected chi connectivity index (χ2v) is 5.56. The topological polar surface area (TPSA) is 86.6 Å². The van der Waals surface area contributed by atoms with Gasteiger partial charge in [0.25, 0.3) is 0 Å². The van der Waals surface area contributed by atoms with Gasteiger partial charge in [-0.1, -0.05) is 36.8 Å². The maximum absolute atomic E-state index is 12.4. The normalized spacial score (nSPS) is 19.5. The van der Waals surface area contributed by atoms with Crippen molar-refractivity contribution in [1.82, 2.24) is 5.32 Å². The van der Waals surface area contributed by atoms with E-state index in [2.05, 4.69) is 5.32 Å². The fourth-order valence-electron chi connectivity index (χ4n) is 2.43. The molecule has 20 heavy (non-hydrogen) atoms. The molecule has 1 atom stereocenters. The maximum atomic E-state index is 12.4. The van der Waals surface area contributed by atoms with Crippen LogP contribution in [0.15, 0.2) is 30.3 Å². The monoisotopic (exact) mass is 277 g/mol. The van der Waals surface area contributed by atoms with Gasteiger partial charge >= 0.3 is 5.97 Å². The summed E-state index contributed by atoms with van der Waals surface area (Å²) in [5.74, 6) is -1.56. The number of carboxylic acid groups (broad SMARTS) is 1. The van der Waals surface area contributed by atoms with E-state index in [0.717, 1.165) is 24.8 Å². The molecule has 1 aliphatic carbocycles. The van der Waals surface area contributed by atoms with Gasteiger partial charge in [0.1, 0.15) is 0 Å². The van der Waals surface area contributed by atoms with Gasteiger partial charge in [-0.15, -0.1) is 0 Å². The highest BCUT2D eigenvalue weighted by molar-refractivity contribution is 5.90. The van der Waals surface area contributed by atoms with Crippen LogP contribution in [0, 0.1) is 0 Å². The van der Waals surface area contributed by atoms with Gasteiger partial charge in [0, 0.05) is 0 Å². The molecular formula is C15H19NO4. The number of hydrogen-bond donors (Lipinski definition) is 3. The van der Waals surface area contributed by atoms with Crippen molar-refractivity contribution in [3.05, 3.63) is 35.9 Å². The molecule has 0 aromatic heterocycles. The maximum Gasteiger partial charge on any atom is 0.337 e. The lowest BCUT2D eigenvalue weighted by Gasteiger charge is -2.41. The van der Waals surface area contributed by atoms with Crippen LogP contribution in [0.3, 0.4) is 0 Å². The van der Waals surface area contributed by atoms with Gasteiger partial charge in [-0.25, -0.2) is 4.79 Å². The van der Waals surface area contributed by atoms with Gasteiger partial charge in [-0.05, 0) is 25.3 Å². The molecule has 1 aromatic rings. The first kappa shape index (κ1) is 14.5. The summed E-state index contributed by atoms with van der Waals surface area (Å²) in [5.41, 5.74) is -1.58. The van der Waals surface area contributed by atoms with Crippen molar-refractivity contribution in [2.75, 3.05) is 6.54 Å². The molecule has 1 aromatic carbocycles. The Morgan fingerprint density at radius 1 is 1.30 bits per heavy atom. The van der Waals surface area contributed by atoms with Crippen LogP contribution in [0.2, 0.25) is 0 Å². The summed E-state index contributed by atoms with van der Waals surface area (Å²) < 4.78 is 0. The number of rotatable bonds is 5. The highest BCUT2D eigenvalue weighted by atomic mass is 16.4. The van der Waals surface area contributed by atoms with E-state index in [1.807, 2.05) is 30.3 Å². The van der Waals surface area contributed by atoms with Crippen molar-refractivity contribution in [3.8, 4) is 0 Å². The van der Waals surface area contributed by atoms with E-state index in [1.54, 1.807) is 0 Å². The van der Waals surface area contributed by atoms with Gasteiger partial charge in [-0.3, -0.25) is 4.79 Å². The lowest BCUT2D eigenvalue weighted by Crippen LogP contribution is -2.54. The first-order valence-electron chi connectivity index (χ1n) is 6.68.